The molecule has 0 aromatic rings. The molecule has 1 aliphatic carbocycles. The van der Waals surface area contributed by atoms with Crippen LogP contribution in [0.5, 0.6) is 0 Å². The van der Waals surface area contributed by atoms with Crippen molar-refractivity contribution < 1.29 is 4.79 Å². The second kappa shape index (κ2) is 6.77. The van der Waals surface area contributed by atoms with Gasteiger partial charge in [-0.25, -0.2) is 4.79 Å². The lowest BCUT2D eigenvalue weighted by Crippen LogP contribution is -2.49. The van der Waals surface area contributed by atoms with Crippen molar-refractivity contribution >= 4 is 6.03 Å². The zero-order valence-corrected chi connectivity index (χ0v) is 10.9. The number of amides is 2. The van der Waals surface area contributed by atoms with Gasteiger partial charge in [-0.05, 0) is 31.1 Å². The van der Waals surface area contributed by atoms with Crippen LogP contribution in [0.1, 0.15) is 52.9 Å². The van der Waals surface area contributed by atoms with Gasteiger partial charge in [0.2, 0.25) is 0 Å². The minimum Gasteiger partial charge on any atom is -0.338 e. The van der Waals surface area contributed by atoms with Crippen LogP contribution >= 0.6 is 0 Å². The Morgan fingerprint density at radius 3 is 2.44 bits per heavy atom. The van der Waals surface area contributed by atoms with E-state index in [1.807, 2.05) is 0 Å². The third kappa shape index (κ3) is 4.03. The van der Waals surface area contributed by atoms with Gasteiger partial charge in [-0.2, -0.15) is 0 Å². The number of nitrogens with one attached hydrogen (secondary N) is 2. The maximum Gasteiger partial charge on any atom is 0.315 e. The van der Waals surface area contributed by atoms with Crippen molar-refractivity contribution in [3.05, 3.63) is 0 Å². The van der Waals surface area contributed by atoms with Crippen LogP contribution in [0.2, 0.25) is 0 Å². The Morgan fingerprint density at radius 2 is 1.88 bits per heavy atom. The van der Waals surface area contributed by atoms with E-state index < -0.39 is 0 Å². The van der Waals surface area contributed by atoms with Crippen LogP contribution in [0, 0.1) is 11.8 Å². The predicted molar refractivity (Wildman–Crippen MR) is 67.4 cm³/mol. The van der Waals surface area contributed by atoms with Crippen molar-refractivity contribution in [2.75, 3.05) is 6.54 Å². The maximum atomic E-state index is 11.7. The molecule has 0 spiro atoms. The molecule has 1 rings (SSSR count). The van der Waals surface area contributed by atoms with Crippen LogP contribution in [-0.2, 0) is 0 Å². The van der Waals surface area contributed by atoms with Crippen molar-refractivity contribution in [1.82, 2.24) is 10.6 Å². The highest BCUT2D eigenvalue weighted by Crippen LogP contribution is 2.28. The molecular formula is C13H26N2O. The summed E-state index contributed by atoms with van der Waals surface area (Å²) in [5.74, 6) is 1.22. The summed E-state index contributed by atoms with van der Waals surface area (Å²) in [6, 6.07) is 0.370. The zero-order chi connectivity index (χ0) is 12.0. The van der Waals surface area contributed by atoms with Gasteiger partial charge >= 0.3 is 6.03 Å². The number of rotatable bonds is 4. The monoisotopic (exact) mass is 226 g/mol. The summed E-state index contributed by atoms with van der Waals surface area (Å²) in [7, 11) is 0. The molecule has 2 atom stereocenters. The summed E-state index contributed by atoms with van der Waals surface area (Å²) in [5.41, 5.74) is 0. The van der Waals surface area contributed by atoms with Gasteiger partial charge < -0.3 is 10.6 Å². The van der Waals surface area contributed by atoms with E-state index in [1.54, 1.807) is 0 Å². The van der Waals surface area contributed by atoms with Gasteiger partial charge in [0.1, 0.15) is 0 Å². The van der Waals surface area contributed by atoms with Crippen molar-refractivity contribution in [2.24, 2.45) is 11.8 Å². The Bertz CT molecular complexity index is 208. The van der Waals surface area contributed by atoms with Crippen LogP contribution < -0.4 is 10.6 Å². The van der Waals surface area contributed by atoms with Crippen LogP contribution in [-0.4, -0.2) is 18.6 Å². The molecule has 1 saturated carbocycles. The fourth-order valence-electron chi connectivity index (χ4n) is 2.55. The Morgan fingerprint density at radius 1 is 1.25 bits per heavy atom. The molecule has 1 fully saturated rings. The lowest BCUT2D eigenvalue weighted by atomic mass is 9.79. The molecule has 2 N–H and O–H groups in total. The Kier molecular flexibility index (Phi) is 5.64. The van der Waals surface area contributed by atoms with Gasteiger partial charge in [0.05, 0.1) is 0 Å². The van der Waals surface area contributed by atoms with Crippen LogP contribution in [0.25, 0.3) is 0 Å². The Balaban J connectivity index is 2.30. The van der Waals surface area contributed by atoms with Crippen molar-refractivity contribution in [1.29, 1.82) is 0 Å². The molecule has 0 aliphatic heterocycles. The lowest BCUT2D eigenvalue weighted by Gasteiger charge is -2.35. The van der Waals surface area contributed by atoms with Crippen LogP contribution in [0.4, 0.5) is 4.79 Å². The summed E-state index contributed by atoms with van der Waals surface area (Å²) in [6.45, 7) is 7.40. The molecule has 0 saturated heterocycles. The van der Waals surface area contributed by atoms with Gasteiger partial charge in [-0.1, -0.05) is 33.6 Å². The second-order valence-corrected chi connectivity index (χ2v) is 5.17. The summed E-state index contributed by atoms with van der Waals surface area (Å²) < 4.78 is 0. The molecule has 0 radical (unpaired) electrons. The van der Waals surface area contributed by atoms with Crippen molar-refractivity contribution in [2.45, 2.75) is 58.9 Å². The molecule has 3 heteroatoms. The number of unbranched alkanes of at least 4 members (excludes halogenated alkanes) is 1. The van der Waals surface area contributed by atoms with Crippen molar-refractivity contribution in [3.63, 3.8) is 0 Å². The third-order valence-corrected chi connectivity index (χ3v) is 3.66. The minimum atomic E-state index is 0.0130. The first-order valence-electron chi connectivity index (χ1n) is 6.69. The van der Waals surface area contributed by atoms with E-state index in [0.717, 1.165) is 19.4 Å². The van der Waals surface area contributed by atoms with Gasteiger partial charge in [-0.3, -0.25) is 0 Å². The highest BCUT2D eigenvalue weighted by molar-refractivity contribution is 5.74. The van der Waals surface area contributed by atoms with Gasteiger partial charge in [0, 0.05) is 12.6 Å². The quantitative estimate of drug-likeness (QED) is 0.711. The third-order valence-electron chi connectivity index (χ3n) is 3.66. The molecule has 16 heavy (non-hydrogen) atoms. The molecular weight excluding hydrogens is 200 g/mol. The van der Waals surface area contributed by atoms with E-state index >= 15 is 0 Å². The Hall–Kier alpha value is -0.730. The highest BCUT2D eigenvalue weighted by atomic mass is 16.2. The molecule has 0 heterocycles. The van der Waals surface area contributed by atoms with Gasteiger partial charge in [0.25, 0.3) is 0 Å². The fourth-order valence-corrected chi connectivity index (χ4v) is 2.55. The largest absolute Gasteiger partial charge is 0.338 e. The van der Waals surface area contributed by atoms with Gasteiger partial charge in [-0.15, -0.1) is 0 Å². The first-order valence-corrected chi connectivity index (χ1v) is 6.69. The zero-order valence-electron chi connectivity index (χ0n) is 10.9. The van der Waals surface area contributed by atoms with Crippen LogP contribution in [0.3, 0.4) is 0 Å². The molecule has 2 unspecified atom stereocenters. The first-order chi connectivity index (χ1) is 7.65. The highest BCUT2D eigenvalue weighted by Gasteiger charge is 2.28. The van der Waals surface area contributed by atoms with Crippen molar-refractivity contribution in [3.8, 4) is 0 Å². The van der Waals surface area contributed by atoms with Gasteiger partial charge in [0.15, 0.2) is 0 Å². The number of carbonyl (C=O) groups excluding carboxylic acids is 1. The Labute approximate surface area is 99.4 Å². The molecule has 0 aromatic heterocycles. The predicted octanol–water partition coefficient (Wildman–Crippen LogP) is 2.91. The summed E-state index contributed by atoms with van der Waals surface area (Å²) in [6.07, 6.45) is 5.96. The summed E-state index contributed by atoms with van der Waals surface area (Å²) in [4.78, 5) is 11.7. The smallest absolute Gasteiger partial charge is 0.315 e. The van der Waals surface area contributed by atoms with E-state index in [0.29, 0.717) is 17.9 Å². The second-order valence-electron chi connectivity index (χ2n) is 5.17. The van der Waals surface area contributed by atoms with E-state index in [1.165, 1.54) is 19.3 Å². The molecule has 94 valence electrons. The number of urea groups is 1. The maximum absolute atomic E-state index is 11.7. The molecule has 3 nitrogen and oxygen atoms in total. The van der Waals surface area contributed by atoms with E-state index in [-0.39, 0.29) is 6.03 Å². The minimum absolute atomic E-state index is 0.0130. The molecule has 0 aromatic carbocycles. The fraction of sp³-hybridized carbons (Fsp3) is 0.923. The van der Waals surface area contributed by atoms with Crippen LogP contribution in [0.15, 0.2) is 0 Å². The van der Waals surface area contributed by atoms with E-state index in [2.05, 4.69) is 31.4 Å². The summed E-state index contributed by atoms with van der Waals surface area (Å²) >= 11 is 0. The topological polar surface area (TPSA) is 41.1 Å². The van der Waals surface area contributed by atoms with E-state index in [4.69, 9.17) is 0 Å². The first kappa shape index (κ1) is 13.3. The number of carbonyl (C=O) groups is 1. The lowest BCUT2D eigenvalue weighted by molar-refractivity contribution is 0.194. The molecule has 0 bridgehead atoms. The normalized spacial score (nSPS) is 29.8. The number of hydrogen-bond donors (Lipinski definition) is 2. The standard InChI is InChI=1S/C13H26N2O/c1-4-5-9-14-13(16)15-12-10(2)7-6-8-11(12)3/h10-12H,4-9H2,1-3H3,(H2,14,15,16). The summed E-state index contributed by atoms with van der Waals surface area (Å²) in [5, 5.41) is 6.05. The molecule has 2 amide bonds. The van der Waals surface area contributed by atoms with E-state index in [9.17, 15) is 4.79 Å². The molecule has 1 aliphatic rings. The number of hydrogen-bond acceptors (Lipinski definition) is 1. The average Bonchev–Trinajstić information content (AvgIpc) is 2.24. The average molecular weight is 226 g/mol. The SMILES string of the molecule is CCCCNC(=O)NC1C(C)CCCC1C.